The highest BCUT2D eigenvalue weighted by molar-refractivity contribution is 6.14. The topological polar surface area (TPSA) is 128 Å². The third-order valence-corrected chi connectivity index (χ3v) is 6.76. The maximum Gasteiger partial charge on any atom is 0.275 e. The first-order valence-corrected chi connectivity index (χ1v) is 12.9. The number of anilines is 1. The number of aromatic hydroxyl groups is 2. The van der Waals surface area contributed by atoms with Gasteiger partial charge in [-0.2, -0.15) is 5.10 Å². The summed E-state index contributed by atoms with van der Waals surface area (Å²) in [5.41, 5.74) is 5.83. The Bertz CT molecular complexity index is 1610. The Hall–Kier alpha value is -4.98. The molecule has 4 N–H and O–H groups in total. The Labute approximate surface area is 232 Å². The third-order valence-electron chi connectivity index (χ3n) is 6.76. The van der Waals surface area contributed by atoms with Crippen LogP contribution in [0.15, 0.2) is 84.0 Å². The van der Waals surface area contributed by atoms with Crippen molar-refractivity contribution in [2.75, 3.05) is 5.32 Å². The van der Waals surface area contributed by atoms with Gasteiger partial charge in [0, 0.05) is 23.4 Å². The zero-order chi connectivity index (χ0) is 28.8. The number of hydrogen-bond donors (Lipinski definition) is 4. The van der Waals surface area contributed by atoms with Gasteiger partial charge in [0.1, 0.15) is 11.5 Å². The summed E-state index contributed by atoms with van der Waals surface area (Å²) in [5.74, 6) is -2.13. The number of phenolic OH excluding ortho intramolecular Hbond substituents is 2. The minimum Gasteiger partial charge on any atom is -0.508 e. The molecule has 1 atom stereocenters. The number of amides is 2. The predicted octanol–water partition coefficient (Wildman–Crippen LogP) is 5.89. The summed E-state index contributed by atoms with van der Waals surface area (Å²) in [5, 5.41) is 28.5. The first-order valence-electron chi connectivity index (χ1n) is 12.9. The second kappa shape index (κ2) is 12.3. The molecule has 0 aliphatic carbocycles. The van der Waals surface area contributed by atoms with Gasteiger partial charge in [0.2, 0.25) is 5.91 Å². The highest BCUT2D eigenvalue weighted by atomic mass is 16.3. The first kappa shape index (κ1) is 28.0. The van der Waals surface area contributed by atoms with E-state index < -0.39 is 11.8 Å². The molecule has 4 aromatic rings. The molecule has 8 nitrogen and oxygen atoms in total. The average molecular weight is 538 g/mol. The highest BCUT2D eigenvalue weighted by Gasteiger charge is 2.23. The summed E-state index contributed by atoms with van der Waals surface area (Å²) in [6.07, 6.45) is 0.123. The average Bonchev–Trinajstić information content (AvgIpc) is 2.94. The summed E-state index contributed by atoms with van der Waals surface area (Å²) < 4.78 is 0. The molecule has 0 heterocycles. The molecular weight excluding hydrogens is 506 g/mol. The molecule has 4 aromatic carbocycles. The third kappa shape index (κ3) is 6.53. The molecule has 204 valence electrons. The number of carbonyl (C=O) groups is 3. The van der Waals surface area contributed by atoms with E-state index in [4.69, 9.17) is 0 Å². The van der Waals surface area contributed by atoms with E-state index >= 15 is 0 Å². The smallest absolute Gasteiger partial charge is 0.275 e. The molecular formula is C32H31N3O5. The van der Waals surface area contributed by atoms with Crippen molar-refractivity contribution >= 4 is 39.8 Å². The summed E-state index contributed by atoms with van der Waals surface area (Å²) in [6, 6.07) is 21.9. The molecule has 0 aliphatic heterocycles. The summed E-state index contributed by atoms with van der Waals surface area (Å²) in [4.78, 5) is 39.2. The highest BCUT2D eigenvalue weighted by Crippen LogP contribution is 2.27. The van der Waals surface area contributed by atoms with Crippen LogP contribution in [0, 0.1) is 19.8 Å². The maximum atomic E-state index is 13.2. The van der Waals surface area contributed by atoms with Gasteiger partial charge in [-0.15, -0.1) is 0 Å². The molecule has 2 amide bonds. The quantitative estimate of drug-likeness (QED) is 0.120. The molecule has 0 bridgehead atoms. The largest absolute Gasteiger partial charge is 0.508 e. The van der Waals surface area contributed by atoms with Gasteiger partial charge in [-0.3, -0.25) is 14.4 Å². The standard InChI is InChI=1S/C32H31N3O5/c1-19-8-9-20(2)27(18-19)33-29(38)17-15-26(21(3)31(39)23-10-13-24(36)14-11-23)34-35-32(40)30-25-7-5-4-6-22(25)12-16-28(30)37/h4-14,16,18,21,36-37H,15,17H2,1-3H3,(H,33,38)(H,35,40)/b34-26-/t21-/m0/s1. The molecule has 40 heavy (non-hydrogen) atoms. The monoisotopic (exact) mass is 537 g/mol. The van der Waals surface area contributed by atoms with Crippen molar-refractivity contribution in [3.63, 3.8) is 0 Å². The number of rotatable bonds is 9. The summed E-state index contributed by atoms with van der Waals surface area (Å²) in [7, 11) is 0. The van der Waals surface area contributed by atoms with Gasteiger partial charge in [-0.05, 0) is 85.5 Å². The van der Waals surface area contributed by atoms with E-state index in [2.05, 4.69) is 15.8 Å². The van der Waals surface area contributed by atoms with Gasteiger partial charge in [0.05, 0.1) is 11.5 Å². The van der Waals surface area contributed by atoms with Gasteiger partial charge >= 0.3 is 0 Å². The lowest BCUT2D eigenvalue weighted by atomic mass is 9.92. The van der Waals surface area contributed by atoms with Crippen LogP contribution in [0.3, 0.4) is 0 Å². The number of nitrogens with zero attached hydrogens (tertiary/aromatic N) is 1. The lowest BCUT2D eigenvalue weighted by Gasteiger charge is -2.16. The van der Waals surface area contributed by atoms with Crippen LogP contribution in [0.5, 0.6) is 11.5 Å². The molecule has 0 unspecified atom stereocenters. The van der Waals surface area contributed by atoms with Crippen LogP contribution >= 0.6 is 0 Å². The SMILES string of the molecule is Cc1ccc(C)c(NC(=O)CC/C(=N/NC(=O)c2c(O)ccc3ccccc23)[C@H](C)C(=O)c2ccc(O)cc2)c1. The minimum atomic E-state index is -0.778. The Morgan fingerprint density at radius 2 is 1.60 bits per heavy atom. The van der Waals surface area contributed by atoms with Crippen molar-refractivity contribution in [3.05, 3.63) is 101 Å². The lowest BCUT2D eigenvalue weighted by Crippen LogP contribution is -2.28. The fourth-order valence-corrected chi connectivity index (χ4v) is 4.40. The van der Waals surface area contributed by atoms with Crippen molar-refractivity contribution in [2.45, 2.75) is 33.6 Å². The molecule has 0 saturated heterocycles. The predicted molar refractivity (Wildman–Crippen MR) is 156 cm³/mol. The van der Waals surface area contributed by atoms with E-state index in [1.807, 2.05) is 44.2 Å². The normalized spacial score (nSPS) is 12.1. The van der Waals surface area contributed by atoms with Crippen LogP contribution in [0.1, 0.15) is 51.6 Å². The lowest BCUT2D eigenvalue weighted by molar-refractivity contribution is -0.116. The fourth-order valence-electron chi connectivity index (χ4n) is 4.40. The molecule has 0 saturated carbocycles. The van der Waals surface area contributed by atoms with Gasteiger partial charge in [-0.1, -0.05) is 42.5 Å². The number of hydrogen-bond acceptors (Lipinski definition) is 6. The van der Waals surface area contributed by atoms with Crippen molar-refractivity contribution in [3.8, 4) is 11.5 Å². The van der Waals surface area contributed by atoms with Gasteiger partial charge < -0.3 is 15.5 Å². The van der Waals surface area contributed by atoms with Crippen molar-refractivity contribution in [1.29, 1.82) is 0 Å². The van der Waals surface area contributed by atoms with E-state index in [9.17, 15) is 24.6 Å². The number of aryl methyl sites for hydroxylation is 2. The van der Waals surface area contributed by atoms with Crippen LogP contribution in [-0.2, 0) is 4.79 Å². The summed E-state index contributed by atoms with van der Waals surface area (Å²) >= 11 is 0. The molecule has 4 rings (SSSR count). The van der Waals surface area contributed by atoms with Crippen LogP contribution < -0.4 is 10.7 Å². The Kier molecular flexibility index (Phi) is 8.59. The van der Waals surface area contributed by atoms with E-state index in [1.54, 1.807) is 25.1 Å². The van der Waals surface area contributed by atoms with Crippen LogP contribution in [0.4, 0.5) is 5.69 Å². The molecule has 0 fully saturated rings. The van der Waals surface area contributed by atoms with Crippen molar-refractivity contribution in [2.24, 2.45) is 11.0 Å². The van der Waals surface area contributed by atoms with E-state index in [1.165, 1.54) is 30.3 Å². The molecule has 0 aliphatic rings. The Morgan fingerprint density at radius 1 is 0.875 bits per heavy atom. The van der Waals surface area contributed by atoms with Crippen LogP contribution in [0.25, 0.3) is 10.8 Å². The van der Waals surface area contributed by atoms with Crippen molar-refractivity contribution in [1.82, 2.24) is 5.43 Å². The number of hydrazone groups is 1. The molecule has 0 aromatic heterocycles. The number of phenols is 2. The first-order chi connectivity index (χ1) is 19.1. The molecule has 8 heteroatoms. The second-order valence-corrected chi connectivity index (χ2v) is 9.72. The Balaban J connectivity index is 1.58. The molecule has 0 spiro atoms. The zero-order valence-corrected chi connectivity index (χ0v) is 22.6. The minimum absolute atomic E-state index is 0.0226. The number of benzene rings is 4. The van der Waals surface area contributed by atoms with E-state index in [-0.39, 0.29) is 41.6 Å². The number of Topliss-reactive ketones (excluding diaryl/α,β-unsaturated/α-hetero) is 1. The summed E-state index contributed by atoms with van der Waals surface area (Å²) in [6.45, 7) is 5.49. The number of ketones is 1. The number of fused-ring (bicyclic) bond motifs is 1. The second-order valence-electron chi connectivity index (χ2n) is 9.72. The molecule has 0 radical (unpaired) electrons. The fraction of sp³-hybridized carbons (Fsp3) is 0.188. The van der Waals surface area contributed by atoms with Gasteiger partial charge in [-0.25, -0.2) is 5.43 Å². The maximum absolute atomic E-state index is 13.2. The van der Waals surface area contributed by atoms with E-state index in [0.29, 0.717) is 22.3 Å². The number of carbonyl (C=O) groups excluding carboxylic acids is 3. The number of nitrogens with one attached hydrogen (secondary N) is 2. The van der Waals surface area contributed by atoms with Crippen LogP contribution in [0.2, 0.25) is 0 Å². The van der Waals surface area contributed by atoms with Gasteiger partial charge in [0.15, 0.2) is 5.78 Å². The van der Waals surface area contributed by atoms with Crippen LogP contribution in [-0.4, -0.2) is 33.5 Å². The van der Waals surface area contributed by atoms with Gasteiger partial charge in [0.25, 0.3) is 5.91 Å². The van der Waals surface area contributed by atoms with E-state index in [0.717, 1.165) is 16.5 Å². The Morgan fingerprint density at radius 3 is 2.35 bits per heavy atom. The zero-order valence-electron chi connectivity index (χ0n) is 22.6. The van der Waals surface area contributed by atoms with Crippen molar-refractivity contribution < 1.29 is 24.6 Å².